The minimum atomic E-state index is -0.313. The Morgan fingerprint density at radius 2 is 2.00 bits per heavy atom. The highest BCUT2D eigenvalue weighted by Crippen LogP contribution is 2.21. The molecule has 0 aromatic heterocycles. The van der Waals surface area contributed by atoms with Crippen LogP contribution in [0.25, 0.3) is 0 Å². The fraction of sp³-hybridized carbons (Fsp3) is 0. The third-order valence-corrected chi connectivity index (χ3v) is 1.51. The highest BCUT2D eigenvalue weighted by atomic mass is 16.6. The van der Waals surface area contributed by atoms with Crippen LogP contribution in [0.1, 0.15) is 10.4 Å². The van der Waals surface area contributed by atoms with Crippen molar-refractivity contribution in [3.8, 4) is 5.75 Å². The van der Waals surface area contributed by atoms with Gasteiger partial charge in [0.1, 0.15) is 5.75 Å². The van der Waals surface area contributed by atoms with Gasteiger partial charge in [0.2, 0.25) is 0 Å². The van der Waals surface area contributed by atoms with Crippen LogP contribution < -0.4 is 4.65 Å². The smallest absolute Gasteiger partial charge is 0.528 e. The van der Waals surface area contributed by atoms with E-state index in [1.165, 1.54) is 0 Å². The van der Waals surface area contributed by atoms with E-state index in [1.807, 2.05) is 6.07 Å². The lowest BCUT2D eigenvalue weighted by atomic mass is 10.1. The fourth-order valence-electron chi connectivity index (χ4n) is 0.985. The van der Waals surface area contributed by atoms with Gasteiger partial charge in [-0.3, -0.25) is 0 Å². The molecule has 1 aliphatic rings. The zero-order valence-corrected chi connectivity index (χ0v) is 5.74. The Labute approximate surface area is 64.2 Å². The van der Waals surface area contributed by atoms with Gasteiger partial charge in [0.15, 0.2) is 0 Å². The van der Waals surface area contributed by atoms with E-state index in [1.54, 1.807) is 18.2 Å². The largest absolute Gasteiger partial charge is 0.578 e. The summed E-state index contributed by atoms with van der Waals surface area (Å²) in [6, 6.07) is 7.01. The van der Waals surface area contributed by atoms with Crippen molar-refractivity contribution in [1.82, 2.24) is 0 Å². The molecule has 0 fully saturated rings. The number of fused-ring (bicyclic) bond motifs is 1. The third-order valence-electron chi connectivity index (χ3n) is 1.51. The van der Waals surface area contributed by atoms with E-state index in [2.05, 4.69) is 4.65 Å². The summed E-state index contributed by atoms with van der Waals surface area (Å²) < 4.78 is 9.69. The van der Waals surface area contributed by atoms with Crippen LogP contribution in [0.3, 0.4) is 0 Å². The van der Waals surface area contributed by atoms with E-state index >= 15 is 0 Å². The topological polar surface area (TPSA) is 35.5 Å². The maximum absolute atomic E-state index is 11.0. The van der Waals surface area contributed by atoms with E-state index in [-0.39, 0.29) is 13.7 Å². The highest BCUT2D eigenvalue weighted by Gasteiger charge is 2.19. The normalized spacial score (nSPS) is 14.0. The second-order valence-electron chi connectivity index (χ2n) is 2.19. The van der Waals surface area contributed by atoms with Gasteiger partial charge in [0.05, 0.1) is 5.56 Å². The molecule has 11 heavy (non-hydrogen) atoms. The molecule has 1 aromatic rings. The van der Waals surface area contributed by atoms with E-state index in [9.17, 15) is 4.79 Å². The zero-order valence-electron chi connectivity index (χ0n) is 5.74. The summed E-state index contributed by atoms with van der Waals surface area (Å²) in [6.45, 7) is 0. The molecule has 0 radical (unpaired) electrons. The number of benzene rings is 1. The molecule has 1 aromatic carbocycles. The second-order valence-corrected chi connectivity index (χ2v) is 2.19. The standard InChI is InChI=1S/C7H5BO3/c9-7-5-3-1-2-4-6(5)10-8-11-7/h1-4,8H. The molecule has 2 rings (SSSR count). The molecule has 0 spiro atoms. The van der Waals surface area contributed by atoms with Gasteiger partial charge in [-0.25, -0.2) is 4.79 Å². The average molecular weight is 148 g/mol. The molecular formula is C7H5BO3. The van der Waals surface area contributed by atoms with Crippen LogP contribution in [-0.2, 0) is 4.65 Å². The number of para-hydroxylation sites is 1. The van der Waals surface area contributed by atoms with Gasteiger partial charge in [-0.05, 0) is 12.1 Å². The molecule has 0 N–H and O–H groups in total. The van der Waals surface area contributed by atoms with Crippen molar-refractivity contribution >= 4 is 13.7 Å². The number of hydrogen-bond acceptors (Lipinski definition) is 3. The van der Waals surface area contributed by atoms with Gasteiger partial charge in [0.25, 0.3) is 0 Å². The maximum Gasteiger partial charge on any atom is 0.578 e. The Balaban J connectivity index is 2.52. The monoisotopic (exact) mass is 148 g/mol. The van der Waals surface area contributed by atoms with E-state index in [0.717, 1.165) is 0 Å². The van der Waals surface area contributed by atoms with Crippen LogP contribution >= 0.6 is 0 Å². The molecule has 0 saturated carbocycles. The first kappa shape index (κ1) is 6.28. The van der Waals surface area contributed by atoms with Crippen LogP contribution in [0.5, 0.6) is 5.75 Å². The maximum atomic E-state index is 11.0. The zero-order chi connectivity index (χ0) is 7.68. The minimum absolute atomic E-state index is 0.0237. The summed E-state index contributed by atoms with van der Waals surface area (Å²) >= 11 is 0. The first-order chi connectivity index (χ1) is 5.38. The van der Waals surface area contributed by atoms with Crippen LogP contribution in [0, 0.1) is 0 Å². The highest BCUT2D eigenvalue weighted by molar-refractivity contribution is 6.27. The fourth-order valence-corrected chi connectivity index (χ4v) is 0.985. The number of carbonyl (C=O) groups excluding carboxylic acids is 1. The van der Waals surface area contributed by atoms with Gasteiger partial charge in [0, 0.05) is 0 Å². The number of hydrogen-bond donors (Lipinski definition) is 0. The molecule has 0 aliphatic carbocycles. The first-order valence-electron chi connectivity index (χ1n) is 3.27. The van der Waals surface area contributed by atoms with E-state index < -0.39 is 0 Å². The molecule has 3 nitrogen and oxygen atoms in total. The Bertz CT molecular complexity index is 297. The van der Waals surface area contributed by atoms with Crippen LogP contribution in [0.2, 0.25) is 0 Å². The Morgan fingerprint density at radius 3 is 2.82 bits per heavy atom. The SMILES string of the molecule is O=C1OBOc2ccccc21. The Kier molecular flexibility index (Phi) is 1.32. The minimum Gasteiger partial charge on any atom is -0.528 e. The molecule has 1 heterocycles. The van der Waals surface area contributed by atoms with Crippen molar-refractivity contribution in [2.45, 2.75) is 0 Å². The van der Waals surface area contributed by atoms with Crippen molar-refractivity contribution < 1.29 is 14.1 Å². The summed E-state index contributed by atoms with van der Waals surface area (Å²) in [5, 5.41) is 0. The van der Waals surface area contributed by atoms with Crippen LogP contribution in [0.15, 0.2) is 24.3 Å². The van der Waals surface area contributed by atoms with Crippen molar-refractivity contribution in [2.24, 2.45) is 0 Å². The van der Waals surface area contributed by atoms with Gasteiger partial charge < -0.3 is 9.31 Å². The predicted octanol–water partition coefficient (Wildman–Crippen LogP) is 0.502. The van der Waals surface area contributed by atoms with E-state index in [4.69, 9.17) is 4.65 Å². The Morgan fingerprint density at radius 1 is 1.18 bits per heavy atom. The predicted molar refractivity (Wildman–Crippen MR) is 39.6 cm³/mol. The molecule has 1 aliphatic heterocycles. The molecule has 54 valence electrons. The van der Waals surface area contributed by atoms with Crippen molar-refractivity contribution in [3.63, 3.8) is 0 Å². The van der Waals surface area contributed by atoms with Crippen molar-refractivity contribution in [3.05, 3.63) is 29.8 Å². The summed E-state index contributed by atoms with van der Waals surface area (Å²) in [6.07, 6.45) is 0. The van der Waals surface area contributed by atoms with Crippen LogP contribution in [0.4, 0.5) is 0 Å². The average Bonchev–Trinajstić information content (AvgIpc) is 2.06. The summed E-state index contributed by atoms with van der Waals surface area (Å²) in [5.74, 6) is 0.288. The Hall–Kier alpha value is -1.45. The molecule has 0 amide bonds. The molecule has 0 atom stereocenters. The van der Waals surface area contributed by atoms with Gasteiger partial charge in [-0.2, -0.15) is 0 Å². The lowest BCUT2D eigenvalue weighted by Crippen LogP contribution is -2.21. The molecule has 0 bridgehead atoms. The van der Waals surface area contributed by atoms with Gasteiger partial charge >= 0.3 is 13.7 Å². The molecule has 0 unspecified atom stereocenters. The third kappa shape index (κ3) is 0.961. The molecule has 0 saturated heterocycles. The molecule has 4 heteroatoms. The van der Waals surface area contributed by atoms with Gasteiger partial charge in [-0.1, -0.05) is 12.1 Å². The van der Waals surface area contributed by atoms with Gasteiger partial charge in [-0.15, -0.1) is 0 Å². The quantitative estimate of drug-likeness (QED) is 0.502. The lowest BCUT2D eigenvalue weighted by molar-refractivity contribution is 0.0698. The summed E-state index contributed by atoms with van der Waals surface area (Å²) in [4.78, 5) is 11.0. The number of carbonyl (C=O) groups is 1. The summed E-state index contributed by atoms with van der Waals surface area (Å²) in [7, 11) is 0.0237. The number of rotatable bonds is 0. The lowest BCUT2D eigenvalue weighted by Gasteiger charge is -2.14. The molecular weight excluding hydrogens is 143 g/mol. The van der Waals surface area contributed by atoms with Crippen molar-refractivity contribution in [1.29, 1.82) is 0 Å². The second kappa shape index (κ2) is 2.30. The van der Waals surface area contributed by atoms with Crippen molar-refractivity contribution in [2.75, 3.05) is 0 Å². The first-order valence-corrected chi connectivity index (χ1v) is 3.27. The van der Waals surface area contributed by atoms with Crippen LogP contribution in [-0.4, -0.2) is 13.7 Å². The summed E-state index contributed by atoms with van der Waals surface area (Å²) in [5.41, 5.74) is 0.499. The van der Waals surface area contributed by atoms with E-state index in [0.29, 0.717) is 11.3 Å².